The molecule has 2 N–H and O–H groups in total. The first kappa shape index (κ1) is 24.7. The lowest BCUT2D eigenvalue weighted by Crippen LogP contribution is -2.10. The van der Waals surface area contributed by atoms with E-state index in [1.165, 1.54) is 0 Å². The van der Waals surface area contributed by atoms with Crippen LogP contribution in [0.15, 0.2) is 121 Å². The van der Waals surface area contributed by atoms with E-state index in [1.807, 2.05) is 30.3 Å². The van der Waals surface area contributed by atoms with Crippen molar-refractivity contribution < 1.29 is 29.3 Å². The van der Waals surface area contributed by atoms with Gasteiger partial charge in [0.2, 0.25) is 0 Å². The van der Waals surface area contributed by atoms with Gasteiger partial charge in [0.25, 0.3) is 0 Å². The third-order valence-corrected chi connectivity index (χ3v) is 6.64. The molecule has 6 aromatic carbocycles. The zero-order valence-corrected chi connectivity index (χ0v) is 21.1. The van der Waals surface area contributed by atoms with Gasteiger partial charge in [-0.05, 0) is 58.1 Å². The summed E-state index contributed by atoms with van der Waals surface area (Å²) in [6, 6.07) is 34.7. The van der Waals surface area contributed by atoms with Crippen molar-refractivity contribution >= 4 is 33.5 Å². The van der Waals surface area contributed by atoms with Crippen LogP contribution in [0.4, 0.5) is 0 Å². The highest BCUT2D eigenvalue weighted by Crippen LogP contribution is 2.47. The Morgan fingerprint density at radius 2 is 1.05 bits per heavy atom. The number of rotatable bonds is 5. The number of carbonyl (C=O) groups excluding carboxylic acids is 2. The fraction of sp³-hybridized carbons (Fsp3) is 0. The molecular weight excluding hydrogens is 504 g/mol. The molecule has 0 bridgehead atoms. The zero-order valence-electron chi connectivity index (χ0n) is 21.1. The number of ether oxygens (including phenoxy) is 2. The van der Waals surface area contributed by atoms with Crippen molar-refractivity contribution in [2.45, 2.75) is 0 Å². The van der Waals surface area contributed by atoms with E-state index < -0.39 is 23.4 Å². The molecule has 40 heavy (non-hydrogen) atoms. The third kappa shape index (κ3) is 4.48. The van der Waals surface area contributed by atoms with E-state index in [4.69, 9.17) is 9.47 Å². The maximum atomic E-state index is 13.3. The maximum Gasteiger partial charge on any atom is 0.351 e. The molecule has 0 unspecified atom stereocenters. The summed E-state index contributed by atoms with van der Waals surface area (Å²) in [6.45, 7) is 0. The predicted molar refractivity (Wildman–Crippen MR) is 153 cm³/mol. The number of hydrogen-bond acceptors (Lipinski definition) is 6. The molecule has 194 valence electrons. The van der Waals surface area contributed by atoms with Gasteiger partial charge < -0.3 is 19.7 Å². The van der Waals surface area contributed by atoms with Gasteiger partial charge >= 0.3 is 11.9 Å². The van der Waals surface area contributed by atoms with Gasteiger partial charge in [-0.25, -0.2) is 9.59 Å². The second-order valence-corrected chi connectivity index (χ2v) is 9.14. The molecule has 0 aliphatic rings. The van der Waals surface area contributed by atoms with Gasteiger partial charge in [0.1, 0.15) is 28.6 Å². The van der Waals surface area contributed by atoms with Crippen LogP contribution < -0.4 is 9.47 Å². The Labute approximate surface area is 229 Å². The summed E-state index contributed by atoms with van der Waals surface area (Å²) in [4.78, 5) is 26.5. The van der Waals surface area contributed by atoms with Gasteiger partial charge in [0.15, 0.2) is 0 Å². The topological polar surface area (TPSA) is 93.1 Å². The number of phenols is 2. The maximum absolute atomic E-state index is 13.3. The third-order valence-electron chi connectivity index (χ3n) is 6.64. The molecule has 0 radical (unpaired) electrons. The number of phenolic OH excluding ortho intramolecular Hbond substituents is 2. The summed E-state index contributed by atoms with van der Waals surface area (Å²) in [5, 5.41) is 25.0. The van der Waals surface area contributed by atoms with E-state index in [1.54, 1.807) is 91.0 Å². The van der Waals surface area contributed by atoms with Crippen molar-refractivity contribution in [1.82, 2.24) is 0 Å². The molecule has 0 aliphatic heterocycles. The monoisotopic (exact) mass is 526 g/mol. The van der Waals surface area contributed by atoms with Crippen molar-refractivity contribution in [3.63, 3.8) is 0 Å². The molecule has 0 aliphatic carbocycles. The number of benzene rings is 6. The van der Waals surface area contributed by atoms with Crippen LogP contribution in [0, 0.1) is 0 Å². The lowest BCUT2D eigenvalue weighted by Gasteiger charge is -2.18. The van der Waals surface area contributed by atoms with Crippen LogP contribution in [-0.2, 0) is 0 Å². The summed E-state index contributed by atoms with van der Waals surface area (Å²) in [7, 11) is 0. The van der Waals surface area contributed by atoms with Crippen LogP contribution in [0.1, 0.15) is 20.7 Å². The van der Waals surface area contributed by atoms with Crippen molar-refractivity contribution in [3.8, 4) is 34.1 Å². The summed E-state index contributed by atoms with van der Waals surface area (Å²) >= 11 is 0. The Morgan fingerprint density at radius 3 is 1.70 bits per heavy atom. The van der Waals surface area contributed by atoms with E-state index in [9.17, 15) is 19.8 Å². The van der Waals surface area contributed by atoms with E-state index in [0.29, 0.717) is 22.1 Å². The molecule has 0 heterocycles. The predicted octanol–water partition coefficient (Wildman–Crippen LogP) is 7.51. The van der Waals surface area contributed by atoms with Crippen LogP contribution >= 0.6 is 0 Å². The quantitative estimate of drug-likeness (QED) is 0.178. The average molecular weight is 527 g/mol. The van der Waals surface area contributed by atoms with E-state index in [-0.39, 0.29) is 22.4 Å². The average Bonchev–Trinajstić information content (AvgIpc) is 2.98. The lowest BCUT2D eigenvalue weighted by molar-refractivity contribution is 0.0721. The summed E-state index contributed by atoms with van der Waals surface area (Å²) in [5.41, 5.74) is 0.640. The molecule has 6 heteroatoms. The summed E-state index contributed by atoms with van der Waals surface area (Å²) in [5.74, 6) is -1.71. The van der Waals surface area contributed by atoms with Gasteiger partial charge in [-0.1, -0.05) is 84.9 Å². The minimum absolute atomic E-state index is 0.252. The number of esters is 2. The summed E-state index contributed by atoms with van der Waals surface area (Å²) < 4.78 is 11.1. The highest BCUT2D eigenvalue weighted by Gasteiger charge is 2.27. The van der Waals surface area contributed by atoms with E-state index >= 15 is 0 Å². The second kappa shape index (κ2) is 10.3. The Morgan fingerprint density at radius 1 is 0.525 bits per heavy atom. The van der Waals surface area contributed by atoms with Crippen molar-refractivity contribution in [3.05, 3.63) is 132 Å². The lowest BCUT2D eigenvalue weighted by atomic mass is 9.89. The first-order valence-corrected chi connectivity index (χ1v) is 12.6. The van der Waals surface area contributed by atoms with Gasteiger partial charge in [0.05, 0.1) is 5.56 Å². The van der Waals surface area contributed by atoms with Crippen LogP contribution in [0.25, 0.3) is 32.7 Å². The molecule has 6 aromatic rings. The fourth-order valence-corrected chi connectivity index (χ4v) is 4.81. The zero-order chi connectivity index (χ0) is 27.6. The van der Waals surface area contributed by atoms with E-state index in [0.717, 1.165) is 10.8 Å². The normalized spacial score (nSPS) is 10.9. The number of hydrogen-bond donors (Lipinski definition) is 2. The standard InChI is InChI=1S/C34H22O6/c35-31-27-18-10-9-17-26(27)29(32(36)30(31)34(38)40-24-14-5-2-6-15-24)28-20-22(19-21-11-7-8-16-25(21)28)33(37)39-23-12-3-1-4-13-23/h1-20,35-36H. The molecule has 0 atom stereocenters. The molecule has 6 rings (SSSR count). The number of para-hydroxylation sites is 2. The molecule has 0 spiro atoms. The van der Waals surface area contributed by atoms with Crippen LogP contribution in [-0.4, -0.2) is 22.2 Å². The molecule has 0 saturated heterocycles. The van der Waals surface area contributed by atoms with E-state index in [2.05, 4.69) is 0 Å². The minimum Gasteiger partial charge on any atom is -0.506 e. The minimum atomic E-state index is -0.919. The van der Waals surface area contributed by atoms with Crippen LogP contribution in [0.2, 0.25) is 0 Å². The Hall–Kier alpha value is -5.62. The first-order valence-electron chi connectivity index (χ1n) is 12.6. The molecule has 0 saturated carbocycles. The SMILES string of the molecule is O=C(Oc1ccccc1)c1cc(-c2c(O)c(C(=O)Oc3ccccc3)c(O)c3ccccc23)c2ccccc2c1. The van der Waals surface area contributed by atoms with Crippen LogP contribution in [0.3, 0.4) is 0 Å². The highest BCUT2D eigenvalue weighted by molar-refractivity contribution is 6.16. The Bertz CT molecular complexity index is 1900. The molecule has 0 aromatic heterocycles. The number of aromatic hydroxyl groups is 2. The van der Waals surface area contributed by atoms with Gasteiger partial charge in [0, 0.05) is 10.9 Å². The van der Waals surface area contributed by atoms with Crippen molar-refractivity contribution in [1.29, 1.82) is 0 Å². The number of fused-ring (bicyclic) bond motifs is 2. The molecule has 0 fully saturated rings. The Balaban J connectivity index is 1.58. The Kier molecular flexibility index (Phi) is 6.34. The number of carbonyl (C=O) groups is 2. The first-order chi connectivity index (χ1) is 19.5. The fourth-order valence-electron chi connectivity index (χ4n) is 4.81. The molecule has 6 nitrogen and oxygen atoms in total. The molecular formula is C34H22O6. The van der Waals surface area contributed by atoms with Crippen molar-refractivity contribution in [2.24, 2.45) is 0 Å². The largest absolute Gasteiger partial charge is 0.506 e. The molecule has 0 amide bonds. The van der Waals surface area contributed by atoms with Gasteiger partial charge in [-0.2, -0.15) is 0 Å². The van der Waals surface area contributed by atoms with Gasteiger partial charge in [-0.15, -0.1) is 0 Å². The van der Waals surface area contributed by atoms with Crippen LogP contribution in [0.5, 0.6) is 23.0 Å². The second-order valence-electron chi connectivity index (χ2n) is 9.14. The smallest absolute Gasteiger partial charge is 0.351 e. The van der Waals surface area contributed by atoms with Gasteiger partial charge in [-0.3, -0.25) is 0 Å². The summed E-state index contributed by atoms with van der Waals surface area (Å²) in [6.07, 6.45) is 0. The van der Waals surface area contributed by atoms with Crippen molar-refractivity contribution in [2.75, 3.05) is 0 Å². The highest BCUT2D eigenvalue weighted by atomic mass is 16.5.